The maximum Gasteiger partial charge on any atom is 0.124 e. The molecular weight excluding hydrogens is 213 g/mol. The van der Waals surface area contributed by atoms with E-state index in [4.69, 9.17) is 11.6 Å². The van der Waals surface area contributed by atoms with Crippen LogP contribution in [0.2, 0.25) is 5.02 Å². The minimum atomic E-state index is -0.267. The van der Waals surface area contributed by atoms with Crippen molar-refractivity contribution in [1.29, 1.82) is 0 Å². The molecule has 0 heterocycles. The summed E-state index contributed by atoms with van der Waals surface area (Å²) in [7, 11) is 1.93. The molecule has 0 radical (unpaired) electrons. The number of benzene rings is 1. The summed E-state index contributed by atoms with van der Waals surface area (Å²) >= 11 is 6.09. The number of rotatable bonds is 3. The Hall–Kier alpha value is -0.600. The standard InChI is InChI=1S/C12H15ClFN/c1-8-6-12(8,7-15-2)10-4-3-9(14)5-11(10)13/h3-5,8,15H,6-7H2,1-2H3. The number of hydrogen-bond donors (Lipinski definition) is 1. The van der Waals surface area contributed by atoms with E-state index in [9.17, 15) is 4.39 Å². The number of likely N-dealkylation sites (N-methyl/N-ethyl adjacent to an activating group) is 1. The summed E-state index contributed by atoms with van der Waals surface area (Å²) in [6, 6.07) is 4.71. The van der Waals surface area contributed by atoms with Gasteiger partial charge in [0.2, 0.25) is 0 Å². The molecule has 2 unspecified atom stereocenters. The molecule has 0 saturated heterocycles. The van der Waals surface area contributed by atoms with Gasteiger partial charge in [-0.05, 0) is 37.1 Å². The first-order valence-electron chi connectivity index (χ1n) is 5.20. The van der Waals surface area contributed by atoms with Crippen LogP contribution in [0.3, 0.4) is 0 Å². The van der Waals surface area contributed by atoms with Gasteiger partial charge in [-0.1, -0.05) is 24.6 Å². The Morgan fingerprint density at radius 2 is 2.27 bits per heavy atom. The Balaban J connectivity index is 2.36. The zero-order valence-electron chi connectivity index (χ0n) is 8.98. The second-order valence-corrected chi connectivity index (χ2v) is 4.82. The maximum atomic E-state index is 12.9. The summed E-state index contributed by atoms with van der Waals surface area (Å²) in [5, 5.41) is 3.74. The van der Waals surface area contributed by atoms with E-state index in [0.717, 1.165) is 18.5 Å². The fraction of sp³-hybridized carbons (Fsp3) is 0.500. The highest BCUT2D eigenvalue weighted by Gasteiger charge is 2.52. The third-order valence-corrected chi connectivity index (χ3v) is 3.73. The Morgan fingerprint density at radius 1 is 1.60 bits per heavy atom. The number of halogens is 2. The van der Waals surface area contributed by atoms with Crippen LogP contribution < -0.4 is 5.32 Å². The van der Waals surface area contributed by atoms with Gasteiger partial charge in [0.25, 0.3) is 0 Å². The average Bonchev–Trinajstić information content (AvgIpc) is 2.77. The first-order chi connectivity index (χ1) is 7.10. The second-order valence-electron chi connectivity index (χ2n) is 4.42. The lowest BCUT2D eigenvalue weighted by Crippen LogP contribution is -2.25. The smallest absolute Gasteiger partial charge is 0.124 e. The Morgan fingerprint density at radius 3 is 2.73 bits per heavy atom. The minimum Gasteiger partial charge on any atom is -0.319 e. The van der Waals surface area contributed by atoms with E-state index in [1.165, 1.54) is 12.1 Å². The molecule has 82 valence electrons. The lowest BCUT2D eigenvalue weighted by atomic mass is 9.93. The van der Waals surface area contributed by atoms with Crippen LogP contribution in [-0.2, 0) is 5.41 Å². The van der Waals surface area contributed by atoms with Gasteiger partial charge in [0.15, 0.2) is 0 Å². The van der Waals surface area contributed by atoms with Gasteiger partial charge in [-0.3, -0.25) is 0 Å². The van der Waals surface area contributed by atoms with Crippen molar-refractivity contribution < 1.29 is 4.39 Å². The Bertz CT molecular complexity index is 380. The van der Waals surface area contributed by atoms with E-state index in [0.29, 0.717) is 10.9 Å². The molecule has 0 bridgehead atoms. The van der Waals surface area contributed by atoms with Crippen molar-refractivity contribution in [2.45, 2.75) is 18.8 Å². The Kier molecular flexibility index (Phi) is 2.73. The Labute approximate surface area is 94.6 Å². The summed E-state index contributed by atoms with van der Waals surface area (Å²) in [5.41, 5.74) is 1.20. The molecule has 1 fully saturated rings. The quantitative estimate of drug-likeness (QED) is 0.837. The molecule has 1 N–H and O–H groups in total. The zero-order valence-corrected chi connectivity index (χ0v) is 9.74. The molecule has 2 atom stereocenters. The molecule has 3 heteroatoms. The number of hydrogen-bond acceptors (Lipinski definition) is 1. The van der Waals surface area contributed by atoms with Crippen LogP contribution in [0.1, 0.15) is 18.9 Å². The monoisotopic (exact) mass is 227 g/mol. The van der Waals surface area contributed by atoms with E-state index < -0.39 is 0 Å². The first-order valence-corrected chi connectivity index (χ1v) is 5.58. The first kappa shape index (κ1) is 10.9. The largest absolute Gasteiger partial charge is 0.319 e. The molecule has 1 aromatic rings. The lowest BCUT2D eigenvalue weighted by molar-refractivity contribution is 0.576. The molecule has 0 aromatic heterocycles. The maximum absolute atomic E-state index is 12.9. The van der Waals surface area contributed by atoms with Crippen LogP contribution in [0.5, 0.6) is 0 Å². The minimum absolute atomic E-state index is 0.125. The molecule has 1 saturated carbocycles. The lowest BCUT2D eigenvalue weighted by Gasteiger charge is -2.18. The van der Waals surface area contributed by atoms with Crippen LogP contribution in [-0.4, -0.2) is 13.6 Å². The van der Waals surface area contributed by atoms with Crippen molar-refractivity contribution in [1.82, 2.24) is 5.32 Å². The fourth-order valence-corrected chi connectivity index (χ4v) is 2.77. The van der Waals surface area contributed by atoms with E-state index in [1.54, 1.807) is 0 Å². The van der Waals surface area contributed by atoms with Gasteiger partial charge >= 0.3 is 0 Å². The highest BCUT2D eigenvalue weighted by atomic mass is 35.5. The van der Waals surface area contributed by atoms with Gasteiger partial charge in [-0.15, -0.1) is 0 Å². The van der Waals surface area contributed by atoms with Gasteiger partial charge in [-0.25, -0.2) is 4.39 Å². The summed E-state index contributed by atoms with van der Waals surface area (Å²) in [6.07, 6.45) is 1.12. The molecule has 0 aliphatic heterocycles. The van der Waals surface area contributed by atoms with Crippen LogP contribution >= 0.6 is 11.6 Å². The van der Waals surface area contributed by atoms with Crippen molar-refractivity contribution in [3.05, 3.63) is 34.6 Å². The van der Waals surface area contributed by atoms with Crippen LogP contribution in [0, 0.1) is 11.7 Å². The van der Waals surface area contributed by atoms with Crippen molar-refractivity contribution in [2.24, 2.45) is 5.92 Å². The summed E-state index contributed by atoms with van der Waals surface area (Å²) in [4.78, 5) is 0. The van der Waals surface area contributed by atoms with E-state index in [1.807, 2.05) is 13.1 Å². The highest BCUT2D eigenvalue weighted by Crippen LogP contribution is 2.55. The molecule has 1 aromatic carbocycles. The third kappa shape index (κ3) is 1.77. The van der Waals surface area contributed by atoms with Gasteiger partial charge in [0.1, 0.15) is 5.82 Å². The topological polar surface area (TPSA) is 12.0 Å². The normalized spacial score (nSPS) is 29.2. The molecular formula is C12H15ClFN. The molecule has 1 aliphatic carbocycles. The highest BCUT2D eigenvalue weighted by molar-refractivity contribution is 6.31. The SMILES string of the molecule is CNCC1(c2ccc(F)cc2Cl)CC1C. The summed E-state index contributed by atoms with van der Waals surface area (Å²) < 4.78 is 12.9. The summed E-state index contributed by atoms with van der Waals surface area (Å²) in [6.45, 7) is 3.11. The molecule has 1 nitrogen and oxygen atoms in total. The van der Waals surface area contributed by atoms with Crippen LogP contribution in [0.15, 0.2) is 18.2 Å². The summed E-state index contributed by atoms with van der Waals surface area (Å²) in [5.74, 6) is 0.351. The van der Waals surface area contributed by atoms with Crippen LogP contribution in [0.25, 0.3) is 0 Å². The van der Waals surface area contributed by atoms with E-state index in [2.05, 4.69) is 12.2 Å². The molecule has 15 heavy (non-hydrogen) atoms. The predicted octanol–water partition coefficient (Wildman–Crippen LogP) is 2.98. The number of nitrogens with one attached hydrogen (secondary N) is 1. The van der Waals surface area contributed by atoms with Crippen LogP contribution in [0.4, 0.5) is 4.39 Å². The molecule has 0 spiro atoms. The molecule has 1 aliphatic rings. The van der Waals surface area contributed by atoms with Crippen molar-refractivity contribution in [3.8, 4) is 0 Å². The van der Waals surface area contributed by atoms with Crippen molar-refractivity contribution >= 4 is 11.6 Å². The zero-order chi connectivity index (χ0) is 11.1. The fourth-order valence-electron chi connectivity index (χ4n) is 2.41. The third-order valence-electron chi connectivity index (χ3n) is 3.41. The van der Waals surface area contributed by atoms with Gasteiger partial charge in [-0.2, -0.15) is 0 Å². The molecule has 0 amide bonds. The van der Waals surface area contributed by atoms with Crippen molar-refractivity contribution in [3.63, 3.8) is 0 Å². The van der Waals surface area contributed by atoms with E-state index in [-0.39, 0.29) is 11.2 Å². The second kappa shape index (κ2) is 3.76. The van der Waals surface area contributed by atoms with E-state index >= 15 is 0 Å². The average molecular weight is 228 g/mol. The molecule has 2 rings (SSSR count). The predicted molar refractivity (Wildman–Crippen MR) is 60.8 cm³/mol. The van der Waals surface area contributed by atoms with Gasteiger partial charge in [0.05, 0.1) is 0 Å². The van der Waals surface area contributed by atoms with Gasteiger partial charge < -0.3 is 5.32 Å². The van der Waals surface area contributed by atoms with Crippen molar-refractivity contribution in [2.75, 3.05) is 13.6 Å². The van der Waals surface area contributed by atoms with Gasteiger partial charge in [0, 0.05) is 17.0 Å².